The summed E-state index contributed by atoms with van der Waals surface area (Å²) in [7, 11) is 0. The molecular formula is C53H68ClF3O12. The Hall–Kier alpha value is -3.95. The van der Waals surface area contributed by atoms with Crippen LogP contribution in [-0.4, -0.2) is 105 Å². The van der Waals surface area contributed by atoms with Crippen molar-refractivity contribution in [2.45, 2.75) is 167 Å². The Balaban J connectivity index is 0.000000205. The monoisotopic (exact) mass is 988 g/mol. The van der Waals surface area contributed by atoms with Gasteiger partial charge in [0.2, 0.25) is 5.78 Å². The first kappa shape index (κ1) is 52.9. The van der Waals surface area contributed by atoms with E-state index in [1.54, 1.807) is 54.5 Å². The van der Waals surface area contributed by atoms with E-state index < -0.39 is 140 Å². The minimum atomic E-state index is -2.25. The number of aliphatic hydroxyl groups is 2. The zero-order chi connectivity index (χ0) is 51.2. The topological polar surface area (TPSA) is 188 Å². The molecule has 16 heteroatoms. The summed E-state index contributed by atoms with van der Waals surface area (Å²) in [6.45, 7) is 14.7. The molecule has 0 radical (unpaired) electrons. The number of hydrogen-bond acceptors (Lipinski definition) is 12. The van der Waals surface area contributed by atoms with Crippen LogP contribution in [0.5, 0.6) is 0 Å². The van der Waals surface area contributed by atoms with Crippen LogP contribution in [0.15, 0.2) is 47.6 Å². The first-order valence-corrected chi connectivity index (χ1v) is 25.2. The summed E-state index contributed by atoms with van der Waals surface area (Å²) >= 11 is 5.97. The predicted octanol–water partition coefficient (Wildman–Crippen LogP) is 7.87. The lowest BCUT2D eigenvalue weighted by Gasteiger charge is -2.63. The van der Waals surface area contributed by atoms with E-state index in [0.29, 0.717) is 31.3 Å². The van der Waals surface area contributed by atoms with Crippen molar-refractivity contribution in [1.82, 2.24) is 0 Å². The van der Waals surface area contributed by atoms with Gasteiger partial charge in [0.1, 0.15) is 6.17 Å². The van der Waals surface area contributed by atoms with Crippen LogP contribution in [0.4, 0.5) is 13.2 Å². The number of aliphatic hydroxyl groups excluding tert-OH is 2. The standard InChI is InChI=1S/C28H37FO7.C25H31ClF2O5/c1-6-23(33)35-15-22(32)28(36-24(34)7-2)16(3)12-20-19-9-8-17-13-18(30)10-11-25(17,4)27(19,29)21(31)14-26(20,28)5;1-5-21(32)33-25(20(31)12-26)13(2)8-15-16-10-18(27)17-9-14(29)6-7-22(17,3)24(16,28)19(30)11-23(15,25)4/h10-11,13,16,19-21,31H,6-9,12,14-15H2,1-5H3;6-7,9,13,15-16,18-19,30H,5,8,10-12H2,1-4H3/t16-,19-,20-,21-,25-,26-,27-,28-;13-,15-,16-,18-,19-,22-,23-,24-,25-/m00/s1. The molecule has 0 amide bonds. The Labute approximate surface area is 407 Å². The number of rotatable bonds is 10. The van der Waals surface area contributed by atoms with E-state index in [-0.39, 0.29) is 55.8 Å². The maximum atomic E-state index is 17.4. The van der Waals surface area contributed by atoms with Crippen LogP contribution in [0.2, 0.25) is 0 Å². The van der Waals surface area contributed by atoms with Gasteiger partial charge in [-0.25, -0.2) is 13.2 Å². The number of esters is 3. The van der Waals surface area contributed by atoms with E-state index in [9.17, 15) is 43.8 Å². The number of carbonyl (C=O) groups excluding carboxylic acids is 7. The van der Waals surface area contributed by atoms with Crippen LogP contribution in [0, 0.1) is 57.2 Å². The minimum absolute atomic E-state index is 0.0430. The summed E-state index contributed by atoms with van der Waals surface area (Å²) in [5.74, 6) is -7.15. The van der Waals surface area contributed by atoms with E-state index in [4.69, 9.17) is 25.8 Å². The highest BCUT2D eigenvalue weighted by atomic mass is 35.5. The molecule has 8 aliphatic rings. The number of carbonyl (C=O) groups is 7. The van der Waals surface area contributed by atoms with Crippen molar-refractivity contribution in [3.05, 3.63) is 47.6 Å². The molecule has 8 rings (SSSR count). The fourth-order valence-electron chi connectivity index (χ4n) is 15.7. The summed E-state index contributed by atoms with van der Waals surface area (Å²) in [6, 6.07) is 0. The largest absolute Gasteiger partial charge is 0.457 e. The summed E-state index contributed by atoms with van der Waals surface area (Å²) < 4.78 is 67.0. The molecule has 6 fully saturated rings. The SMILES string of the molecule is CCC(=O)OCC(=O)[C@@]1(OC(=O)CC)[C@@H](C)C[C@H]2[C@@H]3CCC4=CC(=O)C=C[C@]4(C)[C@@]3(F)[C@@H](O)C[C@@]21C.CCC(=O)O[C@]1(C(=O)CCl)[C@@H](C)C[C@H]2[C@@H]3C[C@H](F)C4=CC(=O)C=C[C@]4(C)[C@@]3(F)[C@@H](O)C[C@@]21C. The maximum absolute atomic E-state index is 17.4. The second-order valence-electron chi connectivity index (χ2n) is 22.0. The summed E-state index contributed by atoms with van der Waals surface area (Å²) in [4.78, 5) is 88.0. The van der Waals surface area contributed by atoms with Gasteiger partial charge in [-0.2, -0.15) is 0 Å². The number of hydrogen-bond donors (Lipinski definition) is 2. The highest BCUT2D eigenvalue weighted by molar-refractivity contribution is 6.29. The molecule has 380 valence electrons. The Kier molecular flexibility index (Phi) is 13.8. The number of alkyl halides is 4. The number of halogens is 4. The van der Waals surface area contributed by atoms with Crippen LogP contribution >= 0.6 is 11.6 Å². The third-order valence-corrected chi connectivity index (χ3v) is 19.3. The van der Waals surface area contributed by atoms with E-state index in [1.165, 1.54) is 31.2 Å². The molecule has 0 saturated heterocycles. The highest BCUT2D eigenvalue weighted by Crippen LogP contribution is 2.73. The summed E-state index contributed by atoms with van der Waals surface area (Å²) in [5.41, 5.74) is -11.7. The number of allylic oxidation sites excluding steroid dienone is 8. The second-order valence-corrected chi connectivity index (χ2v) is 22.3. The Morgan fingerprint density at radius 1 is 0.681 bits per heavy atom. The molecule has 8 aliphatic carbocycles. The predicted molar refractivity (Wildman–Crippen MR) is 246 cm³/mol. The zero-order valence-electron chi connectivity index (χ0n) is 41.1. The normalized spacial score (nSPS) is 45.6. The van der Waals surface area contributed by atoms with Crippen molar-refractivity contribution >= 4 is 52.6 Å². The lowest BCUT2D eigenvalue weighted by Crippen LogP contribution is -2.71. The van der Waals surface area contributed by atoms with Gasteiger partial charge >= 0.3 is 17.9 Å². The molecule has 0 unspecified atom stereocenters. The molecule has 12 nitrogen and oxygen atoms in total. The van der Waals surface area contributed by atoms with Crippen molar-refractivity contribution < 1.29 is 71.2 Å². The van der Waals surface area contributed by atoms with Crippen molar-refractivity contribution in [3.63, 3.8) is 0 Å². The van der Waals surface area contributed by atoms with Crippen LogP contribution < -0.4 is 0 Å². The van der Waals surface area contributed by atoms with Crippen molar-refractivity contribution in [2.75, 3.05) is 12.5 Å². The second kappa shape index (κ2) is 18.0. The molecule has 69 heavy (non-hydrogen) atoms. The molecule has 2 N–H and O–H groups in total. The van der Waals surface area contributed by atoms with E-state index in [0.717, 1.165) is 6.08 Å². The molecule has 0 aromatic heterocycles. The Bertz CT molecular complexity index is 2330. The molecule has 6 saturated carbocycles. The number of ketones is 4. The van der Waals surface area contributed by atoms with E-state index >= 15 is 13.2 Å². The van der Waals surface area contributed by atoms with E-state index in [1.807, 2.05) is 6.92 Å². The molecule has 0 spiro atoms. The molecule has 0 aliphatic heterocycles. The van der Waals surface area contributed by atoms with E-state index in [2.05, 4.69) is 0 Å². The van der Waals surface area contributed by atoms with Crippen LogP contribution in [0.3, 0.4) is 0 Å². The smallest absolute Gasteiger partial charge is 0.306 e. The highest BCUT2D eigenvalue weighted by Gasteiger charge is 2.79. The summed E-state index contributed by atoms with van der Waals surface area (Å²) in [6.07, 6.45) is 4.90. The third kappa shape index (κ3) is 7.12. The van der Waals surface area contributed by atoms with Crippen LogP contribution in [0.25, 0.3) is 0 Å². The number of Topliss-reactive ketones (excluding diaryl/α,β-unsaturated/α-hetero) is 2. The minimum Gasteiger partial charge on any atom is -0.457 e. The fraction of sp³-hybridized carbons (Fsp3) is 0.717. The lowest BCUT2D eigenvalue weighted by atomic mass is 9.44. The Morgan fingerprint density at radius 2 is 1.14 bits per heavy atom. The molecule has 0 bridgehead atoms. The molecule has 0 heterocycles. The van der Waals surface area contributed by atoms with Gasteiger partial charge in [0, 0.05) is 64.6 Å². The van der Waals surface area contributed by atoms with Crippen molar-refractivity contribution in [2.24, 2.45) is 57.2 Å². The maximum Gasteiger partial charge on any atom is 0.306 e. The third-order valence-electron chi connectivity index (χ3n) is 19.1. The first-order chi connectivity index (χ1) is 32.1. The van der Waals surface area contributed by atoms with Gasteiger partial charge in [0.25, 0.3) is 0 Å². The molecular weight excluding hydrogens is 921 g/mol. The number of fused-ring (bicyclic) bond motifs is 10. The van der Waals surface area contributed by atoms with Crippen molar-refractivity contribution in [1.29, 1.82) is 0 Å². The molecule has 0 aromatic carbocycles. The van der Waals surface area contributed by atoms with Crippen molar-refractivity contribution in [3.8, 4) is 0 Å². The van der Waals surface area contributed by atoms with Gasteiger partial charge < -0.3 is 24.4 Å². The molecule has 17 atom stereocenters. The van der Waals surface area contributed by atoms with Crippen LogP contribution in [0.1, 0.15) is 127 Å². The first-order valence-electron chi connectivity index (χ1n) is 24.6. The van der Waals surface area contributed by atoms with Gasteiger partial charge in [-0.05, 0) is 101 Å². The number of ether oxygens (including phenoxy) is 3. The lowest BCUT2D eigenvalue weighted by molar-refractivity contribution is -0.230. The van der Waals surface area contributed by atoms with Gasteiger partial charge in [-0.3, -0.25) is 33.6 Å². The van der Waals surface area contributed by atoms with Crippen LogP contribution in [-0.2, 0) is 47.8 Å². The van der Waals surface area contributed by atoms with Gasteiger partial charge in [-0.15, -0.1) is 11.6 Å². The average molecular weight is 990 g/mol. The Morgan fingerprint density at radius 3 is 1.65 bits per heavy atom. The van der Waals surface area contributed by atoms with Gasteiger partial charge in [-0.1, -0.05) is 66.2 Å². The van der Waals surface area contributed by atoms with Gasteiger partial charge in [0.15, 0.2) is 46.5 Å². The fourth-order valence-corrected chi connectivity index (χ4v) is 15.9. The quantitative estimate of drug-likeness (QED) is 0.123. The average Bonchev–Trinajstić information content (AvgIpc) is 3.66. The molecule has 0 aromatic rings. The summed E-state index contributed by atoms with van der Waals surface area (Å²) in [5, 5.41) is 22.9. The zero-order valence-corrected chi connectivity index (χ0v) is 41.9. The van der Waals surface area contributed by atoms with Gasteiger partial charge in [0.05, 0.1) is 18.1 Å².